The Morgan fingerprint density at radius 3 is 1.92 bits per heavy atom. The zero-order valence-electron chi connectivity index (χ0n) is 17.0. The van der Waals surface area contributed by atoms with Crippen molar-refractivity contribution in [2.45, 2.75) is 52.9 Å². The van der Waals surface area contributed by atoms with Gasteiger partial charge < -0.3 is 9.47 Å². The number of rotatable bonds is 10. The lowest BCUT2D eigenvalue weighted by molar-refractivity contribution is 0.378. The Morgan fingerprint density at radius 1 is 0.769 bits per heavy atom. The van der Waals surface area contributed by atoms with E-state index < -0.39 is 0 Å². The molecule has 1 unspecified atom stereocenters. The Morgan fingerprint density at radius 2 is 1.38 bits per heavy atom. The van der Waals surface area contributed by atoms with E-state index in [0.717, 1.165) is 41.7 Å². The van der Waals surface area contributed by atoms with Gasteiger partial charge in [-0.1, -0.05) is 70.4 Å². The predicted molar refractivity (Wildman–Crippen MR) is 111 cm³/mol. The maximum Gasteiger partial charge on any atom is 0.126 e. The van der Waals surface area contributed by atoms with Crippen LogP contribution in [0.5, 0.6) is 11.5 Å². The standard InChI is InChI=1S/C24H34O2/c1-18(2)10-9-11-19(3)14-15-22-23(25-4)16-21(17-24(22)26-5)20-12-7-6-8-13-20/h6-8,12-13,16-19H,9-11,14-15H2,1-5H3. The van der Waals surface area contributed by atoms with Crippen LogP contribution < -0.4 is 9.47 Å². The van der Waals surface area contributed by atoms with E-state index in [0.29, 0.717) is 0 Å². The summed E-state index contributed by atoms with van der Waals surface area (Å²) in [4.78, 5) is 0. The Bertz CT molecular complexity index is 636. The van der Waals surface area contributed by atoms with Gasteiger partial charge in [-0.2, -0.15) is 0 Å². The molecule has 0 saturated carbocycles. The lowest BCUT2D eigenvalue weighted by Crippen LogP contribution is -2.03. The average molecular weight is 355 g/mol. The molecule has 142 valence electrons. The van der Waals surface area contributed by atoms with Gasteiger partial charge in [-0.15, -0.1) is 0 Å². The van der Waals surface area contributed by atoms with Gasteiger partial charge in [0.05, 0.1) is 14.2 Å². The molecule has 26 heavy (non-hydrogen) atoms. The van der Waals surface area contributed by atoms with Gasteiger partial charge in [-0.3, -0.25) is 0 Å². The van der Waals surface area contributed by atoms with Crippen LogP contribution in [-0.2, 0) is 6.42 Å². The molecule has 0 N–H and O–H groups in total. The normalized spacial score (nSPS) is 12.2. The van der Waals surface area contributed by atoms with Crippen molar-refractivity contribution < 1.29 is 9.47 Å². The van der Waals surface area contributed by atoms with Crippen LogP contribution in [0.1, 0.15) is 52.0 Å². The molecule has 0 spiro atoms. The van der Waals surface area contributed by atoms with E-state index in [4.69, 9.17) is 9.47 Å². The maximum absolute atomic E-state index is 5.71. The molecule has 2 aromatic carbocycles. The molecular weight excluding hydrogens is 320 g/mol. The molecule has 0 aliphatic carbocycles. The van der Waals surface area contributed by atoms with Crippen LogP contribution >= 0.6 is 0 Å². The predicted octanol–water partition coefficient (Wildman–Crippen LogP) is 6.77. The summed E-state index contributed by atoms with van der Waals surface area (Å²) in [6.45, 7) is 6.96. The molecule has 2 aromatic rings. The van der Waals surface area contributed by atoms with Crippen LogP contribution in [0.3, 0.4) is 0 Å². The average Bonchev–Trinajstić information content (AvgIpc) is 2.66. The summed E-state index contributed by atoms with van der Waals surface area (Å²) < 4.78 is 11.4. The molecule has 0 fully saturated rings. The highest BCUT2D eigenvalue weighted by atomic mass is 16.5. The third kappa shape index (κ3) is 5.79. The van der Waals surface area contributed by atoms with E-state index >= 15 is 0 Å². The van der Waals surface area contributed by atoms with Gasteiger partial charge in [0.15, 0.2) is 0 Å². The molecule has 0 aliphatic rings. The zero-order valence-corrected chi connectivity index (χ0v) is 17.0. The van der Waals surface area contributed by atoms with E-state index in [9.17, 15) is 0 Å². The highest BCUT2D eigenvalue weighted by molar-refractivity contribution is 5.69. The number of hydrogen-bond donors (Lipinski definition) is 0. The van der Waals surface area contributed by atoms with E-state index in [-0.39, 0.29) is 0 Å². The van der Waals surface area contributed by atoms with Crippen molar-refractivity contribution in [1.82, 2.24) is 0 Å². The lowest BCUT2D eigenvalue weighted by Gasteiger charge is -2.18. The Labute approximate surface area is 159 Å². The smallest absolute Gasteiger partial charge is 0.126 e. The van der Waals surface area contributed by atoms with Crippen molar-refractivity contribution in [3.05, 3.63) is 48.0 Å². The van der Waals surface area contributed by atoms with E-state index in [1.807, 2.05) is 6.07 Å². The van der Waals surface area contributed by atoms with Crippen molar-refractivity contribution in [2.24, 2.45) is 11.8 Å². The molecule has 0 heterocycles. The van der Waals surface area contributed by atoms with E-state index in [2.05, 4.69) is 57.2 Å². The quantitative estimate of drug-likeness (QED) is 0.469. The summed E-state index contributed by atoms with van der Waals surface area (Å²) >= 11 is 0. The van der Waals surface area contributed by atoms with Crippen LogP contribution in [0.25, 0.3) is 11.1 Å². The van der Waals surface area contributed by atoms with Gasteiger partial charge in [0.1, 0.15) is 11.5 Å². The first-order chi connectivity index (χ1) is 12.5. The van der Waals surface area contributed by atoms with Crippen molar-refractivity contribution >= 4 is 0 Å². The van der Waals surface area contributed by atoms with Gasteiger partial charge in [0.25, 0.3) is 0 Å². The molecular formula is C24H34O2. The third-order valence-electron chi connectivity index (χ3n) is 5.08. The molecule has 2 heteroatoms. The largest absolute Gasteiger partial charge is 0.496 e. The number of hydrogen-bond acceptors (Lipinski definition) is 2. The second kappa shape index (κ2) is 10.3. The molecule has 1 atom stereocenters. The summed E-state index contributed by atoms with van der Waals surface area (Å²) in [7, 11) is 3.50. The van der Waals surface area contributed by atoms with Gasteiger partial charge in [-0.05, 0) is 47.9 Å². The van der Waals surface area contributed by atoms with Gasteiger partial charge in [0.2, 0.25) is 0 Å². The zero-order chi connectivity index (χ0) is 18.9. The molecule has 0 radical (unpaired) electrons. The fourth-order valence-corrected chi connectivity index (χ4v) is 3.44. The second-order valence-corrected chi connectivity index (χ2v) is 7.69. The third-order valence-corrected chi connectivity index (χ3v) is 5.08. The first kappa shape index (κ1) is 20.4. The molecule has 0 amide bonds. The van der Waals surface area contributed by atoms with Gasteiger partial charge >= 0.3 is 0 Å². The van der Waals surface area contributed by atoms with E-state index in [1.165, 1.54) is 30.4 Å². The fraction of sp³-hybridized carbons (Fsp3) is 0.500. The minimum atomic E-state index is 0.719. The van der Waals surface area contributed by atoms with Crippen molar-refractivity contribution in [1.29, 1.82) is 0 Å². The van der Waals surface area contributed by atoms with Crippen LogP contribution in [0.4, 0.5) is 0 Å². The minimum Gasteiger partial charge on any atom is -0.496 e. The fourth-order valence-electron chi connectivity index (χ4n) is 3.44. The summed E-state index contributed by atoms with van der Waals surface area (Å²) in [6.07, 6.45) is 6.09. The molecule has 0 bridgehead atoms. The van der Waals surface area contributed by atoms with E-state index in [1.54, 1.807) is 14.2 Å². The SMILES string of the molecule is COc1cc(-c2ccccc2)cc(OC)c1CCC(C)CCCC(C)C. The second-order valence-electron chi connectivity index (χ2n) is 7.69. The highest BCUT2D eigenvalue weighted by Gasteiger charge is 2.15. The van der Waals surface area contributed by atoms with Crippen molar-refractivity contribution in [3.8, 4) is 22.6 Å². The molecule has 2 nitrogen and oxygen atoms in total. The monoisotopic (exact) mass is 354 g/mol. The van der Waals surface area contributed by atoms with Gasteiger partial charge in [0, 0.05) is 5.56 Å². The lowest BCUT2D eigenvalue weighted by atomic mass is 9.93. The summed E-state index contributed by atoms with van der Waals surface area (Å²) in [5.41, 5.74) is 3.50. The van der Waals surface area contributed by atoms with Crippen LogP contribution in [0, 0.1) is 11.8 Å². The molecule has 2 rings (SSSR count). The highest BCUT2D eigenvalue weighted by Crippen LogP contribution is 2.36. The summed E-state index contributed by atoms with van der Waals surface area (Å²) in [5.74, 6) is 3.38. The Balaban J connectivity index is 2.12. The molecule has 0 aliphatic heterocycles. The van der Waals surface area contributed by atoms with Crippen LogP contribution in [0.15, 0.2) is 42.5 Å². The minimum absolute atomic E-state index is 0.719. The number of ether oxygens (including phenoxy) is 2. The van der Waals surface area contributed by atoms with Crippen molar-refractivity contribution in [3.63, 3.8) is 0 Å². The van der Waals surface area contributed by atoms with Crippen molar-refractivity contribution in [2.75, 3.05) is 14.2 Å². The van der Waals surface area contributed by atoms with Crippen LogP contribution in [0.2, 0.25) is 0 Å². The van der Waals surface area contributed by atoms with Crippen LogP contribution in [-0.4, -0.2) is 14.2 Å². The first-order valence-electron chi connectivity index (χ1n) is 9.85. The maximum atomic E-state index is 5.71. The Hall–Kier alpha value is -1.96. The number of benzene rings is 2. The summed E-state index contributed by atoms with van der Waals surface area (Å²) in [6, 6.07) is 14.7. The Kier molecular flexibility index (Phi) is 8.03. The molecule has 0 saturated heterocycles. The number of methoxy groups -OCH3 is 2. The topological polar surface area (TPSA) is 18.5 Å². The van der Waals surface area contributed by atoms with Gasteiger partial charge in [-0.25, -0.2) is 0 Å². The molecule has 0 aromatic heterocycles. The summed E-state index contributed by atoms with van der Waals surface area (Å²) in [5, 5.41) is 0. The first-order valence-corrected chi connectivity index (χ1v) is 9.85.